The predicted octanol–water partition coefficient (Wildman–Crippen LogP) is 3.08. The third kappa shape index (κ3) is 3.10. The van der Waals surface area contributed by atoms with Gasteiger partial charge in [0.05, 0.1) is 5.25 Å². The van der Waals surface area contributed by atoms with Gasteiger partial charge in [0, 0.05) is 6.42 Å². The molecule has 0 N–H and O–H groups in total. The zero-order chi connectivity index (χ0) is 10.5. The highest BCUT2D eigenvalue weighted by Crippen LogP contribution is 2.26. The fourth-order valence-electron chi connectivity index (χ4n) is 1.91. The average molecular weight is 220 g/mol. The van der Waals surface area contributed by atoms with Gasteiger partial charge in [-0.25, -0.2) is 0 Å². The van der Waals surface area contributed by atoms with Crippen LogP contribution in [0, 0.1) is 0 Å². The van der Waals surface area contributed by atoms with Crippen LogP contribution in [0.2, 0.25) is 0 Å². The van der Waals surface area contributed by atoms with E-state index < -0.39 is 0 Å². The summed E-state index contributed by atoms with van der Waals surface area (Å²) >= 11 is 1.84. The maximum absolute atomic E-state index is 11.9. The second-order valence-electron chi connectivity index (χ2n) is 3.98. The molecule has 1 aromatic rings. The van der Waals surface area contributed by atoms with E-state index in [9.17, 15) is 4.79 Å². The molecule has 1 atom stereocenters. The summed E-state index contributed by atoms with van der Waals surface area (Å²) in [5, 5.41) is 0.263. The Balaban J connectivity index is 1.91. The second kappa shape index (κ2) is 5.36. The number of ketones is 1. The van der Waals surface area contributed by atoms with E-state index >= 15 is 0 Å². The van der Waals surface area contributed by atoms with Gasteiger partial charge in [-0.3, -0.25) is 4.79 Å². The van der Waals surface area contributed by atoms with Gasteiger partial charge in [0.1, 0.15) is 5.78 Å². The Morgan fingerprint density at radius 3 is 2.73 bits per heavy atom. The molecular formula is C13H16OS. The topological polar surface area (TPSA) is 17.1 Å². The maximum Gasteiger partial charge on any atom is 0.150 e. The lowest BCUT2D eigenvalue weighted by Crippen LogP contribution is -2.22. The summed E-state index contributed by atoms with van der Waals surface area (Å²) in [5.41, 5.74) is 1.15. The molecule has 0 radical (unpaired) electrons. The molecule has 2 heteroatoms. The van der Waals surface area contributed by atoms with Crippen LogP contribution in [0.15, 0.2) is 30.3 Å². The molecule has 15 heavy (non-hydrogen) atoms. The van der Waals surface area contributed by atoms with Crippen LogP contribution in [-0.4, -0.2) is 16.8 Å². The number of hydrogen-bond acceptors (Lipinski definition) is 2. The van der Waals surface area contributed by atoms with Gasteiger partial charge in [-0.1, -0.05) is 36.8 Å². The number of hydrogen-bond donors (Lipinski definition) is 0. The summed E-state index contributed by atoms with van der Waals surface area (Å²) in [6.45, 7) is 0. The standard InChI is InChI=1S/C13H16OS/c14-12(13-8-4-5-9-15-13)10-11-6-2-1-3-7-11/h1-3,6-7,13H,4-5,8-10H2. The molecule has 0 amide bonds. The molecule has 1 unspecified atom stereocenters. The third-order valence-electron chi connectivity index (χ3n) is 2.76. The molecule has 0 saturated carbocycles. The molecule has 1 aliphatic rings. The lowest BCUT2D eigenvalue weighted by Gasteiger charge is -2.19. The van der Waals surface area contributed by atoms with Gasteiger partial charge in [-0.15, -0.1) is 0 Å². The highest BCUT2D eigenvalue weighted by molar-refractivity contribution is 8.00. The van der Waals surface area contributed by atoms with Crippen molar-refractivity contribution in [3.63, 3.8) is 0 Å². The van der Waals surface area contributed by atoms with E-state index in [0.717, 1.165) is 17.7 Å². The van der Waals surface area contributed by atoms with E-state index in [4.69, 9.17) is 0 Å². The average Bonchev–Trinajstić information content (AvgIpc) is 2.31. The first-order valence-corrected chi connectivity index (χ1v) is 6.59. The third-order valence-corrected chi connectivity index (χ3v) is 4.19. The molecule has 80 valence electrons. The largest absolute Gasteiger partial charge is 0.298 e. The Bertz CT molecular complexity index is 315. The highest BCUT2D eigenvalue weighted by atomic mass is 32.2. The second-order valence-corrected chi connectivity index (χ2v) is 5.29. The lowest BCUT2D eigenvalue weighted by atomic mass is 10.0. The molecular weight excluding hydrogens is 204 g/mol. The number of rotatable bonds is 3. The molecule has 1 fully saturated rings. The molecule has 1 saturated heterocycles. The van der Waals surface area contributed by atoms with Crippen molar-refractivity contribution in [2.75, 3.05) is 5.75 Å². The number of carbonyl (C=O) groups is 1. The minimum Gasteiger partial charge on any atom is -0.298 e. The smallest absolute Gasteiger partial charge is 0.150 e. The minimum absolute atomic E-state index is 0.263. The van der Waals surface area contributed by atoms with Crippen LogP contribution in [0.3, 0.4) is 0 Å². The molecule has 0 spiro atoms. The quantitative estimate of drug-likeness (QED) is 0.778. The number of thioether (sulfide) groups is 1. The van der Waals surface area contributed by atoms with Gasteiger partial charge in [0.15, 0.2) is 0 Å². The molecule has 1 aromatic carbocycles. The summed E-state index contributed by atoms with van der Waals surface area (Å²) < 4.78 is 0. The van der Waals surface area contributed by atoms with Gasteiger partial charge in [0.25, 0.3) is 0 Å². The number of benzene rings is 1. The molecule has 0 bridgehead atoms. The fraction of sp³-hybridized carbons (Fsp3) is 0.462. The van der Waals surface area contributed by atoms with Crippen molar-refractivity contribution in [3.05, 3.63) is 35.9 Å². The molecule has 1 aliphatic heterocycles. The lowest BCUT2D eigenvalue weighted by molar-refractivity contribution is -0.118. The van der Waals surface area contributed by atoms with Gasteiger partial charge in [-0.05, 0) is 24.2 Å². The van der Waals surface area contributed by atoms with Crippen molar-refractivity contribution in [3.8, 4) is 0 Å². The monoisotopic (exact) mass is 220 g/mol. The van der Waals surface area contributed by atoms with Crippen molar-refractivity contribution in [1.82, 2.24) is 0 Å². The summed E-state index contributed by atoms with van der Waals surface area (Å²) in [6.07, 6.45) is 4.19. The Morgan fingerprint density at radius 1 is 1.27 bits per heavy atom. The van der Waals surface area contributed by atoms with Gasteiger partial charge >= 0.3 is 0 Å². The van der Waals surface area contributed by atoms with E-state index in [0.29, 0.717) is 12.2 Å². The number of carbonyl (C=O) groups excluding carboxylic acids is 1. The molecule has 2 rings (SSSR count). The van der Waals surface area contributed by atoms with Crippen molar-refractivity contribution in [2.45, 2.75) is 30.9 Å². The normalized spacial score (nSPS) is 21.2. The van der Waals surface area contributed by atoms with Crippen LogP contribution in [0.25, 0.3) is 0 Å². The molecule has 1 heterocycles. The summed E-state index contributed by atoms with van der Waals surface area (Å²) in [6, 6.07) is 10.0. The van der Waals surface area contributed by atoms with Crippen LogP contribution >= 0.6 is 11.8 Å². The maximum atomic E-state index is 11.9. The Kier molecular flexibility index (Phi) is 3.84. The summed E-state index contributed by atoms with van der Waals surface area (Å²) in [7, 11) is 0. The fourth-order valence-corrected chi connectivity index (χ4v) is 3.16. The molecule has 0 aromatic heterocycles. The van der Waals surface area contributed by atoms with Crippen LogP contribution in [0.5, 0.6) is 0 Å². The van der Waals surface area contributed by atoms with E-state index in [1.807, 2.05) is 42.1 Å². The highest BCUT2D eigenvalue weighted by Gasteiger charge is 2.21. The van der Waals surface area contributed by atoms with E-state index in [1.54, 1.807) is 0 Å². The van der Waals surface area contributed by atoms with Crippen LogP contribution < -0.4 is 0 Å². The van der Waals surface area contributed by atoms with Gasteiger partial charge < -0.3 is 0 Å². The van der Waals surface area contributed by atoms with Crippen molar-refractivity contribution < 1.29 is 4.79 Å². The number of Topliss-reactive ketones (excluding diaryl/α,β-unsaturated/α-hetero) is 1. The Morgan fingerprint density at radius 2 is 2.07 bits per heavy atom. The van der Waals surface area contributed by atoms with E-state index in [1.165, 1.54) is 12.8 Å². The molecule has 0 aliphatic carbocycles. The first-order valence-electron chi connectivity index (χ1n) is 5.54. The Hall–Kier alpha value is -0.760. The van der Waals surface area contributed by atoms with Crippen LogP contribution in [-0.2, 0) is 11.2 Å². The first kappa shape index (κ1) is 10.7. The minimum atomic E-state index is 0.263. The zero-order valence-electron chi connectivity index (χ0n) is 8.82. The van der Waals surface area contributed by atoms with Crippen LogP contribution in [0.4, 0.5) is 0 Å². The predicted molar refractivity (Wildman–Crippen MR) is 65.3 cm³/mol. The van der Waals surface area contributed by atoms with Crippen molar-refractivity contribution >= 4 is 17.5 Å². The summed E-state index contributed by atoms with van der Waals surface area (Å²) in [5.74, 6) is 1.57. The zero-order valence-corrected chi connectivity index (χ0v) is 9.63. The van der Waals surface area contributed by atoms with E-state index in [-0.39, 0.29) is 5.25 Å². The van der Waals surface area contributed by atoms with Gasteiger partial charge in [-0.2, -0.15) is 11.8 Å². The van der Waals surface area contributed by atoms with E-state index in [2.05, 4.69) is 0 Å². The Labute approximate surface area is 95.3 Å². The SMILES string of the molecule is O=C(Cc1ccccc1)C1CCCCS1. The van der Waals surface area contributed by atoms with Gasteiger partial charge in [0.2, 0.25) is 0 Å². The van der Waals surface area contributed by atoms with Crippen molar-refractivity contribution in [2.24, 2.45) is 0 Å². The summed E-state index contributed by atoms with van der Waals surface area (Å²) in [4.78, 5) is 11.9. The first-order chi connectivity index (χ1) is 7.36. The van der Waals surface area contributed by atoms with Crippen molar-refractivity contribution in [1.29, 1.82) is 0 Å². The van der Waals surface area contributed by atoms with Crippen LogP contribution in [0.1, 0.15) is 24.8 Å². The molecule has 1 nitrogen and oxygen atoms in total.